The van der Waals surface area contributed by atoms with E-state index in [0.29, 0.717) is 0 Å². The minimum Gasteiger partial charge on any atom is -0.197 e. The van der Waals surface area contributed by atoms with E-state index in [1.54, 1.807) is 0 Å². The Labute approximate surface area is 177 Å². The fourth-order valence-corrected chi connectivity index (χ4v) is 5.42. The first-order valence-corrected chi connectivity index (χ1v) is 10.2. The molecule has 0 amide bonds. The third kappa shape index (κ3) is 2.28. The van der Waals surface area contributed by atoms with Crippen LogP contribution in [-0.4, -0.2) is 0 Å². The molecule has 2 unspecified atom stereocenters. The van der Waals surface area contributed by atoms with Crippen molar-refractivity contribution in [3.63, 3.8) is 0 Å². The van der Waals surface area contributed by atoms with Gasteiger partial charge in [0.1, 0.15) is 5.41 Å². The van der Waals surface area contributed by atoms with Gasteiger partial charge in [-0.1, -0.05) is 84.9 Å². The third-order valence-corrected chi connectivity index (χ3v) is 6.57. The molecule has 0 aliphatic heterocycles. The molecule has 0 fully saturated rings. The molecule has 30 heavy (non-hydrogen) atoms. The predicted molar refractivity (Wildman–Crippen MR) is 119 cm³/mol. The van der Waals surface area contributed by atoms with Crippen molar-refractivity contribution in [1.29, 1.82) is 10.5 Å². The summed E-state index contributed by atoms with van der Waals surface area (Å²) >= 11 is 0. The number of nitrogens with zero attached hydrogens (tertiary/aromatic N) is 2. The summed E-state index contributed by atoms with van der Waals surface area (Å²) in [7, 11) is 0. The molecule has 2 aliphatic rings. The van der Waals surface area contributed by atoms with Gasteiger partial charge in [0.2, 0.25) is 0 Å². The van der Waals surface area contributed by atoms with Crippen molar-refractivity contribution in [2.75, 3.05) is 0 Å². The highest BCUT2D eigenvalue weighted by Gasteiger charge is 2.55. The van der Waals surface area contributed by atoms with E-state index in [4.69, 9.17) is 0 Å². The molecular formula is C28H20N2. The first-order chi connectivity index (χ1) is 14.8. The molecule has 5 rings (SSSR count). The second kappa shape index (κ2) is 6.87. The largest absolute Gasteiger partial charge is 0.197 e. The van der Waals surface area contributed by atoms with Crippen molar-refractivity contribution in [2.24, 2.45) is 5.92 Å². The Balaban J connectivity index is 1.99. The van der Waals surface area contributed by atoms with Gasteiger partial charge in [-0.2, -0.15) is 10.5 Å². The van der Waals surface area contributed by atoms with Crippen molar-refractivity contribution < 1.29 is 0 Å². The number of benzene rings is 3. The molecule has 0 spiro atoms. The standard InChI is InChI=1S/C28H20N2/c1-2-22-16-21-14-9-15-23-24(17-29)25(19-10-5-3-6-11-19)27(20-12-7-4-8-13-20)28(22,18-30)26(21)23/h2-15,22,24H,1,16H2/t22?,24?,28-/m1/s1. The first-order valence-electron chi connectivity index (χ1n) is 10.2. The highest BCUT2D eigenvalue weighted by Crippen LogP contribution is 2.61. The van der Waals surface area contributed by atoms with Gasteiger partial charge in [0.25, 0.3) is 0 Å². The fourth-order valence-electron chi connectivity index (χ4n) is 5.42. The Hall–Kier alpha value is -3.88. The molecule has 2 heteroatoms. The fraction of sp³-hybridized carbons (Fsp3) is 0.143. The molecule has 3 aromatic rings. The van der Waals surface area contributed by atoms with Gasteiger partial charge in [0, 0.05) is 5.92 Å². The molecule has 0 heterocycles. The van der Waals surface area contributed by atoms with Crippen molar-refractivity contribution in [3.05, 3.63) is 119 Å². The lowest BCUT2D eigenvalue weighted by Gasteiger charge is -2.40. The van der Waals surface area contributed by atoms with Crippen LogP contribution in [0, 0.1) is 28.6 Å². The van der Waals surface area contributed by atoms with Crippen LogP contribution in [-0.2, 0) is 11.8 Å². The molecule has 3 aromatic carbocycles. The van der Waals surface area contributed by atoms with E-state index in [2.05, 4.69) is 36.9 Å². The molecule has 0 radical (unpaired) electrons. The SMILES string of the molecule is C=CC1Cc2cccc3c2[C@]1(C#N)C(c1ccccc1)=C(c1ccccc1)C3C#N. The molecule has 0 saturated heterocycles. The average Bonchev–Trinajstić information content (AvgIpc) is 3.15. The maximum absolute atomic E-state index is 10.8. The van der Waals surface area contributed by atoms with Gasteiger partial charge in [-0.15, -0.1) is 6.58 Å². The highest BCUT2D eigenvalue weighted by atomic mass is 14.6. The predicted octanol–water partition coefficient (Wildman–Crippen LogP) is 6.04. The minimum atomic E-state index is -0.854. The highest BCUT2D eigenvalue weighted by molar-refractivity contribution is 6.04. The quantitative estimate of drug-likeness (QED) is 0.517. The Morgan fingerprint density at radius 1 is 0.867 bits per heavy atom. The molecule has 3 atom stereocenters. The van der Waals surface area contributed by atoms with Crippen LogP contribution in [0.1, 0.15) is 33.7 Å². The summed E-state index contributed by atoms with van der Waals surface area (Å²) < 4.78 is 0. The summed E-state index contributed by atoms with van der Waals surface area (Å²) in [6, 6.07) is 31.6. The van der Waals surface area contributed by atoms with Crippen LogP contribution in [0.15, 0.2) is 91.5 Å². The summed E-state index contributed by atoms with van der Waals surface area (Å²) in [5.41, 5.74) is 6.14. The van der Waals surface area contributed by atoms with E-state index < -0.39 is 11.3 Å². The lowest BCUT2D eigenvalue weighted by atomic mass is 9.59. The average molecular weight is 384 g/mol. The second-order valence-corrected chi connectivity index (χ2v) is 7.93. The third-order valence-electron chi connectivity index (χ3n) is 6.57. The van der Waals surface area contributed by atoms with Crippen molar-refractivity contribution in [2.45, 2.75) is 17.8 Å². The Morgan fingerprint density at radius 3 is 2.13 bits per heavy atom. The number of hydrogen-bond donors (Lipinski definition) is 0. The van der Waals surface area contributed by atoms with Gasteiger partial charge in [0.15, 0.2) is 0 Å². The molecule has 0 saturated carbocycles. The number of rotatable bonds is 3. The second-order valence-electron chi connectivity index (χ2n) is 7.93. The van der Waals surface area contributed by atoms with Crippen molar-refractivity contribution in [1.82, 2.24) is 0 Å². The molecular weight excluding hydrogens is 364 g/mol. The van der Waals surface area contributed by atoms with E-state index in [1.807, 2.05) is 66.7 Å². The summed E-state index contributed by atoms with van der Waals surface area (Å²) in [4.78, 5) is 0. The van der Waals surface area contributed by atoms with E-state index in [1.165, 1.54) is 0 Å². The van der Waals surface area contributed by atoms with Crippen molar-refractivity contribution >= 4 is 11.1 Å². The van der Waals surface area contributed by atoms with Crippen LogP contribution in [0.2, 0.25) is 0 Å². The number of allylic oxidation sites excluding steroid dienone is 3. The van der Waals surface area contributed by atoms with Gasteiger partial charge in [-0.05, 0) is 45.4 Å². The summed E-state index contributed by atoms with van der Waals surface area (Å²) in [5.74, 6) is -0.477. The van der Waals surface area contributed by atoms with Crippen molar-refractivity contribution in [3.8, 4) is 12.1 Å². The first kappa shape index (κ1) is 18.2. The smallest absolute Gasteiger partial charge is 0.115 e. The van der Waals surface area contributed by atoms with Gasteiger partial charge < -0.3 is 0 Å². The molecule has 2 nitrogen and oxygen atoms in total. The van der Waals surface area contributed by atoms with E-state index >= 15 is 0 Å². The van der Waals surface area contributed by atoms with Gasteiger partial charge in [0.05, 0.1) is 18.1 Å². The van der Waals surface area contributed by atoms with Crippen LogP contribution in [0.4, 0.5) is 0 Å². The lowest BCUT2D eigenvalue weighted by Crippen LogP contribution is -2.36. The van der Waals surface area contributed by atoms with E-state index in [9.17, 15) is 10.5 Å². The monoisotopic (exact) mass is 384 g/mol. The summed E-state index contributed by atoms with van der Waals surface area (Å²) in [6.45, 7) is 4.10. The van der Waals surface area contributed by atoms with Gasteiger partial charge in [-0.25, -0.2) is 0 Å². The zero-order valence-corrected chi connectivity index (χ0v) is 16.5. The van der Waals surface area contributed by atoms with Crippen LogP contribution >= 0.6 is 0 Å². The molecule has 2 aliphatic carbocycles. The van der Waals surface area contributed by atoms with Gasteiger partial charge in [-0.3, -0.25) is 0 Å². The Kier molecular flexibility index (Phi) is 4.16. The summed E-state index contributed by atoms with van der Waals surface area (Å²) in [6.07, 6.45) is 2.68. The maximum atomic E-state index is 10.8. The number of hydrogen-bond acceptors (Lipinski definition) is 2. The lowest BCUT2D eigenvalue weighted by molar-refractivity contribution is 0.542. The zero-order chi connectivity index (χ0) is 20.7. The van der Waals surface area contributed by atoms with Crippen LogP contribution in [0.5, 0.6) is 0 Å². The Bertz CT molecular complexity index is 1260. The Morgan fingerprint density at radius 2 is 1.53 bits per heavy atom. The summed E-state index contributed by atoms with van der Waals surface area (Å²) in [5, 5.41) is 21.1. The zero-order valence-electron chi connectivity index (χ0n) is 16.5. The van der Waals surface area contributed by atoms with Crippen LogP contribution in [0.25, 0.3) is 11.1 Å². The molecule has 142 valence electrons. The topological polar surface area (TPSA) is 47.6 Å². The molecule has 0 bridgehead atoms. The normalized spacial score (nSPS) is 23.9. The molecule has 0 aromatic heterocycles. The minimum absolute atomic E-state index is 0.0489. The maximum Gasteiger partial charge on any atom is 0.115 e. The molecule has 0 N–H and O–H groups in total. The van der Waals surface area contributed by atoms with Crippen LogP contribution in [0.3, 0.4) is 0 Å². The van der Waals surface area contributed by atoms with Crippen LogP contribution < -0.4 is 0 Å². The number of nitriles is 2. The van der Waals surface area contributed by atoms with Gasteiger partial charge >= 0.3 is 0 Å². The van der Waals surface area contributed by atoms with E-state index in [-0.39, 0.29) is 5.92 Å². The van der Waals surface area contributed by atoms with E-state index in [0.717, 1.165) is 45.4 Å².